The highest BCUT2D eigenvalue weighted by molar-refractivity contribution is 5.98. The van der Waals surface area contributed by atoms with E-state index in [-0.39, 0.29) is 12.8 Å². The third kappa shape index (κ3) is 3.64. The van der Waals surface area contributed by atoms with Crippen LogP contribution in [0.25, 0.3) is 0 Å². The Balaban J connectivity index is 1.71. The lowest BCUT2D eigenvalue weighted by atomic mass is 9.83. The monoisotopic (exact) mass is 498 g/mol. The summed E-state index contributed by atoms with van der Waals surface area (Å²) >= 11 is 0. The van der Waals surface area contributed by atoms with E-state index < -0.39 is 12.1 Å². The number of ether oxygens (including phenoxy) is 6. The van der Waals surface area contributed by atoms with Crippen molar-refractivity contribution in [2.75, 3.05) is 54.8 Å². The van der Waals surface area contributed by atoms with Gasteiger partial charge in [0, 0.05) is 29.8 Å². The van der Waals surface area contributed by atoms with Crippen LogP contribution in [0.15, 0.2) is 12.1 Å². The first-order chi connectivity index (χ1) is 17.5. The standard InChI is InChI=1S/C27H34N2O7/c1-7-29(8-2)13-17-15-11-12-28(3)21(19(15)25(33-6)26-23(17)34-14-35-26)22-16-9-10-18(31-4)24(32-5)20(16)27(30)36-22/h9-10,21-22H,7-8,11-14H2,1-6H3/t21?,22-/m0/s1. The van der Waals surface area contributed by atoms with Crippen LogP contribution >= 0.6 is 0 Å². The smallest absolute Gasteiger partial charge is 0.343 e. The molecule has 0 amide bonds. The number of carbonyl (C=O) groups is 1. The Morgan fingerprint density at radius 2 is 1.75 bits per heavy atom. The normalized spacial score (nSPS) is 20.2. The maximum atomic E-state index is 13.2. The van der Waals surface area contributed by atoms with Gasteiger partial charge in [-0.3, -0.25) is 9.80 Å². The third-order valence-electron chi connectivity index (χ3n) is 7.60. The van der Waals surface area contributed by atoms with Crippen LogP contribution in [-0.2, 0) is 17.7 Å². The lowest BCUT2D eigenvalue weighted by Gasteiger charge is -2.39. The van der Waals surface area contributed by atoms with Gasteiger partial charge in [0.05, 0.1) is 27.4 Å². The van der Waals surface area contributed by atoms with Gasteiger partial charge in [0.1, 0.15) is 11.7 Å². The van der Waals surface area contributed by atoms with Crippen molar-refractivity contribution in [3.05, 3.63) is 39.9 Å². The Kier molecular flexibility index (Phi) is 6.61. The van der Waals surface area contributed by atoms with E-state index in [0.29, 0.717) is 28.6 Å². The zero-order valence-electron chi connectivity index (χ0n) is 21.8. The van der Waals surface area contributed by atoms with Gasteiger partial charge in [-0.1, -0.05) is 19.9 Å². The van der Waals surface area contributed by atoms with Crippen molar-refractivity contribution in [1.29, 1.82) is 0 Å². The van der Waals surface area contributed by atoms with E-state index in [1.54, 1.807) is 14.2 Å². The summed E-state index contributed by atoms with van der Waals surface area (Å²) in [5.41, 5.74) is 4.46. The predicted molar refractivity (Wildman–Crippen MR) is 133 cm³/mol. The number of carbonyl (C=O) groups excluding carboxylic acids is 1. The molecule has 2 aromatic rings. The number of fused-ring (bicyclic) bond motifs is 3. The largest absolute Gasteiger partial charge is 0.493 e. The first kappa shape index (κ1) is 24.5. The van der Waals surface area contributed by atoms with Gasteiger partial charge in [-0.15, -0.1) is 0 Å². The number of likely N-dealkylation sites (N-methyl/N-ethyl adjacent to an activating group) is 1. The molecule has 0 aliphatic carbocycles. The molecule has 9 heteroatoms. The number of esters is 1. The second kappa shape index (κ2) is 9.71. The molecule has 0 N–H and O–H groups in total. The molecule has 0 spiro atoms. The molecule has 0 fully saturated rings. The fourth-order valence-electron chi connectivity index (χ4n) is 5.76. The van der Waals surface area contributed by atoms with Gasteiger partial charge in [0.15, 0.2) is 23.0 Å². The summed E-state index contributed by atoms with van der Waals surface area (Å²) in [7, 11) is 6.78. The molecule has 0 radical (unpaired) electrons. The summed E-state index contributed by atoms with van der Waals surface area (Å²) in [6.45, 7) is 7.85. The van der Waals surface area contributed by atoms with Crippen LogP contribution in [0.5, 0.6) is 28.7 Å². The molecular formula is C27H34N2O7. The highest BCUT2D eigenvalue weighted by Gasteiger charge is 2.47. The lowest BCUT2D eigenvalue weighted by Crippen LogP contribution is -2.37. The summed E-state index contributed by atoms with van der Waals surface area (Å²) < 4.78 is 35.0. The van der Waals surface area contributed by atoms with Crippen LogP contribution < -0.4 is 23.7 Å². The fourth-order valence-corrected chi connectivity index (χ4v) is 5.76. The molecule has 0 aromatic heterocycles. The van der Waals surface area contributed by atoms with E-state index in [2.05, 4.69) is 23.6 Å². The van der Waals surface area contributed by atoms with E-state index in [0.717, 1.165) is 55.0 Å². The second-order valence-corrected chi connectivity index (χ2v) is 9.20. The molecule has 1 unspecified atom stereocenters. The second-order valence-electron chi connectivity index (χ2n) is 9.20. The number of benzene rings is 2. The molecule has 2 aromatic carbocycles. The predicted octanol–water partition coefficient (Wildman–Crippen LogP) is 3.72. The summed E-state index contributed by atoms with van der Waals surface area (Å²) in [5, 5.41) is 0. The molecular weight excluding hydrogens is 464 g/mol. The topological polar surface area (TPSA) is 78.9 Å². The average molecular weight is 499 g/mol. The van der Waals surface area contributed by atoms with Crippen LogP contribution in [-0.4, -0.2) is 70.6 Å². The average Bonchev–Trinajstić information content (AvgIpc) is 3.51. The van der Waals surface area contributed by atoms with E-state index in [4.69, 9.17) is 28.4 Å². The molecule has 2 atom stereocenters. The van der Waals surface area contributed by atoms with Gasteiger partial charge >= 0.3 is 5.97 Å². The molecule has 0 saturated heterocycles. The molecule has 9 nitrogen and oxygen atoms in total. The van der Waals surface area contributed by atoms with Crippen molar-refractivity contribution in [3.8, 4) is 28.7 Å². The first-order valence-corrected chi connectivity index (χ1v) is 12.4. The first-order valence-electron chi connectivity index (χ1n) is 12.4. The van der Waals surface area contributed by atoms with Gasteiger partial charge in [0.25, 0.3) is 0 Å². The van der Waals surface area contributed by atoms with Gasteiger partial charge in [-0.05, 0) is 38.2 Å². The Hall–Kier alpha value is -3.17. The van der Waals surface area contributed by atoms with Crippen molar-refractivity contribution >= 4 is 5.97 Å². The van der Waals surface area contributed by atoms with Crippen molar-refractivity contribution in [1.82, 2.24) is 9.80 Å². The van der Waals surface area contributed by atoms with Gasteiger partial charge in [0.2, 0.25) is 12.5 Å². The van der Waals surface area contributed by atoms with Crippen LogP contribution in [0, 0.1) is 0 Å². The molecule has 194 valence electrons. The number of hydrogen-bond acceptors (Lipinski definition) is 9. The van der Waals surface area contributed by atoms with Crippen molar-refractivity contribution in [2.45, 2.75) is 39.0 Å². The Bertz CT molecular complexity index is 1180. The SMILES string of the molecule is CCN(CC)Cc1c2c(c(OC)c3c1OCO3)C([C@H]1OC(=O)c3c1ccc(OC)c3OC)N(C)CC2. The summed E-state index contributed by atoms with van der Waals surface area (Å²) in [4.78, 5) is 17.7. The summed E-state index contributed by atoms with van der Waals surface area (Å²) in [6, 6.07) is 3.43. The van der Waals surface area contributed by atoms with Crippen molar-refractivity contribution in [2.24, 2.45) is 0 Å². The minimum absolute atomic E-state index is 0.151. The lowest BCUT2D eigenvalue weighted by molar-refractivity contribution is 0.00865. The molecule has 3 aliphatic rings. The summed E-state index contributed by atoms with van der Waals surface area (Å²) in [6.07, 6.45) is 0.276. The molecule has 3 aliphatic heterocycles. The quantitative estimate of drug-likeness (QED) is 0.506. The molecule has 3 heterocycles. The van der Waals surface area contributed by atoms with E-state index in [9.17, 15) is 4.79 Å². The van der Waals surface area contributed by atoms with Crippen molar-refractivity contribution in [3.63, 3.8) is 0 Å². The van der Waals surface area contributed by atoms with E-state index in [1.807, 2.05) is 19.2 Å². The van der Waals surface area contributed by atoms with E-state index in [1.165, 1.54) is 12.7 Å². The third-order valence-corrected chi connectivity index (χ3v) is 7.60. The minimum atomic E-state index is -0.549. The van der Waals surface area contributed by atoms with Gasteiger partial charge < -0.3 is 28.4 Å². The Labute approximate surface area is 211 Å². The molecule has 5 rings (SSSR count). The molecule has 0 saturated carbocycles. The van der Waals surface area contributed by atoms with Crippen LogP contribution in [0.1, 0.15) is 58.6 Å². The van der Waals surface area contributed by atoms with E-state index >= 15 is 0 Å². The number of nitrogens with zero attached hydrogens (tertiary/aromatic N) is 2. The Morgan fingerprint density at radius 3 is 2.42 bits per heavy atom. The Morgan fingerprint density at radius 1 is 1.03 bits per heavy atom. The van der Waals surface area contributed by atoms with Gasteiger partial charge in [-0.25, -0.2) is 4.79 Å². The van der Waals surface area contributed by atoms with Crippen LogP contribution in [0.3, 0.4) is 0 Å². The number of rotatable bonds is 8. The zero-order chi connectivity index (χ0) is 25.6. The fraction of sp³-hybridized carbons (Fsp3) is 0.519. The number of cyclic esters (lactones) is 1. The molecule has 36 heavy (non-hydrogen) atoms. The molecule has 0 bridgehead atoms. The number of methoxy groups -OCH3 is 3. The highest BCUT2D eigenvalue weighted by atomic mass is 16.7. The highest BCUT2D eigenvalue weighted by Crippen LogP contribution is 2.57. The van der Waals surface area contributed by atoms with Crippen LogP contribution in [0.2, 0.25) is 0 Å². The van der Waals surface area contributed by atoms with Gasteiger partial charge in [-0.2, -0.15) is 0 Å². The maximum absolute atomic E-state index is 13.2. The number of hydrogen-bond donors (Lipinski definition) is 0. The van der Waals surface area contributed by atoms with Crippen LogP contribution in [0.4, 0.5) is 0 Å². The summed E-state index contributed by atoms with van der Waals surface area (Å²) in [5.74, 6) is 2.48. The van der Waals surface area contributed by atoms with Crippen molar-refractivity contribution < 1.29 is 33.2 Å². The maximum Gasteiger partial charge on any atom is 0.343 e. The minimum Gasteiger partial charge on any atom is -0.493 e. The zero-order valence-corrected chi connectivity index (χ0v) is 21.8.